The van der Waals surface area contributed by atoms with E-state index in [1.165, 1.54) is 0 Å². The molecular formula is C23H19Cl2NO3. The Morgan fingerprint density at radius 1 is 0.931 bits per heavy atom. The van der Waals surface area contributed by atoms with Gasteiger partial charge in [0.05, 0.1) is 21.3 Å². The predicted octanol–water partition coefficient (Wildman–Crippen LogP) is 5.69. The molecule has 0 aliphatic carbocycles. The van der Waals surface area contributed by atoms with E-state index in [1.807, 2.05) is 42.5 Å². The Morgan fingerprint density at radius 3 is 2.38 bits per heavy atom. The molecule has 0 spiro atoms. The van der Waals surface area contributed by atoms with Gasteiger partial charge in [-0.05, 0) is 42.2 Å². The van der Waals surface area contributed by atoms with Crippen LogP contribution in [-0.2, 0) is 16.0 Å². The predicted molar refractivity (Wildman–Crippen MR) is 116 cm³/mol. The third-order valence-electron chi connectivity index (χ3n) is 4.36. The number of carbonyl (C=O) groups is 2. The molecule has 0 saturated carbocycles. The molecule has 0 saturated heterocycles. The highest BCUT2D eigenvalue weighted by atomic mass is 35.5. The first kappa shape index (κ1) is 20.9. The van der Waals surface area contributed by atoms with Gasteiger partial charge in [0.2, 0.25) is 0 Å². The number of hydrogen-bond acceptors (Lipinski definition) is 3. The number of ether oxygens (including phenoxy) is 1. The summed E-state index contributed by atoms with van der Waals surface area (Å²) >= 11 is 12.3. The molecule has 0 atom stereocenters. The van der Waals surface area contributed by atoms with Crippen molar-refractivity contribution in [2.75, 3.05) is 11.9 Å². The van der Waals surface area contributed by atoms with Crippen LogP contribution in [0.4, 0.5) is 5.69 Å². The van der Waals surface area contributed by atoms with Gasteiger partial charge in [0.15, 0.2) is 6.61 Å². The van der Waals surface area contributed by atoms with Gasteiger partial charge in [0.25, 0.3) is 5.91 Å². The maximum absolute atomic E-state index is 12.5. The molecule has 0 heterocycles. The lowest BCUT2D eigenvalue weighted by molar-refractivity contribution is -0.119. The van der Waals surface area contributed by atoms with Gasteiger partial charge in [-0.25, -0.2) is 4.79 Å². The normalized spacial score (nSPS) is 10.4. The van der Waals surface area contributed by atoms with Crippen molar-refractivity contribution >= 4 is 40.8 Å². The van der Waals surface area contributed by atoms with E-state index in [9.17, 15) is 9.59 Å². The Labute approximate surface area is 179 Å². The van der Waals surface area contributed by atoms with Gasteiger partial charge in [-0.15, -0.1) is 0 Å². The van der Waals surface area contributed by atoms with Crippen LogP contribution in [0.1, 0.15) is 27.0 Å². The summed E-state index contributed by atoms with van der Waals surface area (Å²) in [5.41, 5.74) is 3.41. The first-order chi connectivity index (χ1) is 14.0. The summed E-state index contributed by atoms with van der Waals surface area (Å²) < 4.78 is 5.21. The molecule has 148 valence electrons. The molecule has 0 aliphatic rings. The molecule has 0 aromatic heterocycles. The van der Waals surface area contributed by atoms with Crippen molar-refractivity contribution in [2.24, 2.45) is 0 Å². The summed E-state index contributed by atoms with van der Waals surface area (Å²) in [6, 6.07) is 20.4. The van der Waals surface area contributed by atoms with Crippen LogP contribution in [0.3, 0.4) is 0 Å². The lowest BCUT2D eigenvalue weighted by atomic mass is 10.00. The zero-order valence-electron chi connectivity index (χ0n) is 15.7. The molecular weight excluding hydrogens is 409 g/mol. The molecule has 4 nitrogen and oxygen atoms in total. The van der Waals surface area contributed by atoms with Gasteiger partial charge in [-0.1, -0.05) is 77.8 Å². The number of anilines is 1. The minimum Gasteiger partial charge on any atom is -0.452 e. The first-order valence-electron chi connectivity index (χ1n) is 8.99. The van der Waals surface area contributed by atoms with Crippen LogP contribution in [0.2, 0.25) is 10.0 Å². The lowest BCUT2D eigenvalue weighted by Crippen LogP contribution is -2.22. The number of amides is 1. The van der Waals surface area contributed by atoms with Crippen molar-refractivity contribution < 1.29 is 14.3 Å². The Morgan fingerprint density at radius 2 is 1.62 bits per heavy atom. The van der Waals surface area contributed by atoms with Crippen molar-refractivity contribution in [3.05, 3.63) is 99.0 Å². The van der Waals surface area contributed by atoms with E-state index in [-0.39, 0.29) is 0 Å². The molecule has 0 bridgehead atoms. The summed E-state index contributed by atoms with van der Waals surface area (Å²) in [4.78, 5) is 24.8. The first-order valence-corrected chi connectivity index (χ1v) is 9.74. The second-order valence-corrected chi connectivity index (χ2v) is 7.28. The summed E-state index contributed by atoms with van der Waals surface area (Å²) in [5.74, 6) is -1.08. The fraction of sp³-hybridized carbons (Fsp3) is 0.130. The number of halogens is 2. The maximum atomic E-state index is 12.5. The summed E-state index contributed by atoms with van der Waals surface area (Å²) in [6.07, 6.45) is 0.590. The molecule has 0 radical (unpaired) electrons. The van der Waals surface area contributed by atoms with Gasteiger partial charge in [-0.2, -0.15) is 0 Å². The van der Waals surface area contributed by atoms with E-state index >= 15 is 0 Å². The van der Waals surface area contributed by atoms with Gasteiger partial charge in [0.1, 0.15) is 0 Å². The quantitative estimate of drug-likeness (QED) is 0.514. The Balaban J connectivity index is 1.66. The summed E-state index contributed by atoms with van der Waals surface area (Å²) in [6.45, 7) is 1.36. The van der Waals surface area contributed by atoms with Crippen LogP contribution >= 0.6 is 23.2 Å². The molecule has 0 fully saturated rings. The van der Waals surface area contributed by atoms with Gasteiger partial charge >= 0.3 is 5.97 Å². The molecule has 3 aromatic rings. The van der Waals surface area contributed by atoms with E-state index in [0.717, 1.165) is 16.7 Å². The number of carbonyl (C=O) groups excluding carboxylic acids is 2. The molecule has 1 amide bonds. The SMILES string of the molecule is Cc1ccc(Cl)c(NC(=O)COC(=O)c2ccccc2Cc2ccccc2)c1Cl. The summed E-state index contributed by atoms with van der Waals surface area (Å²) in [7, 11) is 0. The number of nitrogens with one attached hydrogen (secondary N) is 1. The van der Waals surface area contributed by atoms with E-state index in [2.05, 4.69) is 5.32 Å². The second-order valence-electron chi connectivity index (χ2n) is 6.50. The van der Waals surface area contributed by atoms with Crippen molar-refractivity contribution in [3.63, 3.8) is 0 Å². The minimum absolute atomic E-state index is 0.305. The van der Waals surface area contributed by atoms with Crippen LogP contribution in [0.25, 0.3) is 0 Å². The fourth-order valence-electron chi connectivity index (χ4n) is 2.84. The van der Waals surface area contributed by atoms with E-state index in [0.29, 0.717) is 27.7 Å². The number of aryl methyl sites for hydroxylation is 1. The van der Waals surface area contributed by atoms with Crippen LogP contribution < -0.4 is 5.32 Å². The molecule has 6 heteroatoms. The Hall–Kier alpha value is -2.82. The van der Waals surface area contributed by atoms with Gasteiger partial charge < -0.3 is 10.1 Å². The maximum Gasteiger partial charge on any atom is 0.338 e. The molecule has 0 unspecified atom stereocenters. The van der Waals surface area contributed by atoms with Crippen LogP contribution in [-0.4, -0.2) is 18.5 Å². The van der Waals surface area contributed by atoms with E-state index < -0.39 is 18.5 Å². The van der Waals surface area contributed by atoms with Crippen LogP contribution in [0.15, 0.2) is 66.7 Å². The van der Waals surface area contributed by atoms with Gasteiger partial charge in [-0.3, -0.25) is 4.79 Å². The molecule has 0 aliphatic heterocycles. The highest BCUT2D eigenvalue weighted by Crippen LogP contribution is 2.32. The largest absolute Gasteiger partial charge is 0.452 e. The number of esters is 1. The van der Waals surface area contributed by atoms with Crippen LogP contribution in [0.5, 0.6) is 0 Å². The van der Waals surface area contributed by atoms with Crippen molar-refractivity contribution in [2.45, 2.75) is 13.3 Å². The van der Waals surface area contributed by atoms with Crippen LogP contribution in [0, 0.1) is 6.92 Å². The highest BCUT2D eigenvalue weighted by Gasteiger charge is 2.16. The number of hydrogen-bond donors (Lipinski definition) is 1. The highest BCUT2D eigenvalue weighted by molar-refractivity contribution is 6.40. The number of rotatable bonds is 6. The Kier molecular flexibility index (Phi) is 6.91. The van der Waals surface area contributed by atoms with E-state index in [4.69, 9.17) is 27.9 Å². The summed E-state index contributed by atoms with van der Waals surface area (Å²) in [5, 5.41) is 3.27. The standard InChI is InChI=1S/C23H19Cl2NO3/c1-15-11-12-19(24)22(21(15)25)26-20(27)14-29-23(28)18-10-6-5-9-17(18)13-16-7-3-2-4-8-16/h2-12H,13-14H2,1H3,(H,26,27). The zero-order valence-corrected chi connectivity index (χ0v) is 17.3. The molecule has 3 rings (SSSR count). The average Bonchev–Trinajstić information content (AvgIpc) is 2.73. The smallest absolute Gasteiger partial charge is 0.338 e. The zero-order chi connectivity index (χ0) is 20.8. The second kappa shape index (κ2) is 9.59. The average molecular weight is 428 g/mol. The number of benzene rings is 3. The van der Waals surface area contributed by atoms with Crippen molar-refractivity contribution in [1.82, 2.24) is 0 Å². The van der Waals surface area contributed by atoms with E-state index in [1.54, 1.807) is 31.2 Å². The monoisotopic (exact) mass is 427 g/mol. The van der Waals surface area contributed by atoms with Crippen molar-refractivity contribution in [3.8, 4) is 0 Å². The fourth-order valence-corrected chi connectivity index (χ4v) is 3.31. The van der Waals surface area contributed by atoms with Gasteiger partial charge in [0, 0.05) is 0 Å². The van der Waals surface area contributed by atoms with Crippen molar-refractivity contribution in [1.29, 1.82) is 0 Å². The molecule has 3 aromatic carbocycles. The lowest BCUT2D eigenvalue weighted by Gasteiger charge is -2.12. The Bertz CT molecular complexity index is 1040. The minimum atomic E-state index is -0.562. The third kappa shape index (κ3) is 5.37. The topological polar surface area (TPSA) is 55.4 Å². The molecule has 1 N–H and O–H groups in total. The molecule has 29 heavy (non-hydrogen) atoms. The third-order valence-corrected chi connectivity index (χ3v) is 5.16.